The number of carbonyl (C=O) groups is 1. The molecule has 0 saturated heterocycles. The Labute approximate surface area is 124 Å². The molecule has 1 amide bonds. The summed E-state index contributed by atoms with van der Waals surface area (Å²) in [5, 5.41) is 2.90. The number of rotatable bonds is 7. The van der Waals surface area contributed by atoms with Gasteiger partial charge < -0.3 is 19.8 Å². The molecular weight excluding hydrogens is 268 g/mol. The second kappa shape index (κ2) is 7.38. The number of hydrogen-bond donors (Lipinski definition) is 2. The fourth-order valence-electron chi connectivity index (χ4n) is 2.10. The van der Waals surface area contributed by atoms with Crippen LogP contribution in [0.25, 0.3) is 0 Å². The maximum Gasteiger partial charge on any atom is 0.225 e. The van der Waals surface area contributed by atoms with Crippen molar-refractivity contribution in [3.05, 3.63) is 47.8 Å². The van der Waals surface area contributed by atoms with Gasteiger partial charge in [0.25, 0.3) is 0 Å². The van der Waals surface area contributed by atoms with E-state index in [1.165, 1.54) is 0 Å². The van der Waals surface area contributed by atoms with E-state index in [1.807, 2.05) is 36.5 Å². The molecule has 0 aliphatic rings. The number of aromatic nitrogens is 1. The standard InChI is InChI=1S/C16H20N2O3/c1-20-14-6-5-12(10-15(14)21-2)7-9-18-16(19)11-13-4-3-8-17-13/h3-6,8,10,17H,7,9,11H2,1-2H3,(H,18,19). The molecule has 2 aromatic rings. The van der Waals surface area contributed by atoms with Gasteiger partial charge in [-0.25, -0.2) is 0 Å². The molecule has 2 N–H and O–H groups in total. The molecule has 0 saturated carbocycles. The SMILES string of the molecule is COc1ccc(CCNC(=O)Cc2ccc[nH]2)cc1OC. The zero-order chi connectivity index (χ0) is 15.1. The average Bonchev–Trinajstić information content (AvgIpc) is 2.99. The zero-order valence-electron chi connectivity index (χ0n) is 12.3. The van der Waals surface area contributed by atoms with Gasteiger partial charge in [-0.1, -0.05) is 6.07 Å². The Balaban J connectivity index is 1.81. The Morgan fingerprint density at radius 1 is 1.19 bits per heavy atom. The second-order valence-corrected chi connectivity index (χ2v) is 4.66. The summed E-state index contributed by atoms with van der Waals surface area (Å²) < 4.78 is 10.5. The molecule has 1 heterocycles. The van der Waals surface area contributed by atoms with Crippen molar-refractivity contribution in [2.24, 2.45) is 0 Å². The van der Waals surface area contributed by atoms with Crippen LogP contribution >= 0.6 is 0 Å². The van der Waals surface area contributed by atoms with Gasteiger partial charge in [0.15, 0.2) is 11.5 Å². The van der Waals surface area contributed by atoms with Crippen molar-refractivity contribution in [2.45, 2.75) is 12.8 Å². The van der Waals surface area contributed by atoms with E-state index in [1.54, 1.807) is 14.2 Å². The van der Waals surface area contributed by atoms with E-state index in [0.717, 1.165) is 17.7 Å². The molecule has 0 aliphatic heterocycles. The lowest BCUT2D eigenvalue weighted by Crippen LogP contribution is -2.27. The van der Waals surface area contributed by atoms with Gasteiger partial charge in [0, 0.05) is 18.4 Å². The van der Waals surface area contributed by atoms with Crippen LogP contribution in [-0.4, -0.2) is 31.7 Å². The number of methoxy groups -OCH3 is 2. The van der Waals surface area contributed by atoms with Crippen LogP contribution in [0.4, 0.5) is 0 Å². The summed E-state index contributed by atoms with van der Waals surface area (Å²) in [6.45, 7) is 0.592. The average molecular weight is 288 g/mol. The highest BCUT2D eigenvalue weighted by Gasteiger charge is 2.06. The van der Waals surface area contributed by atoms with E-state index in [2.05, 4.69) is 10.3 Å². The Bertz CT molecular complexity index is 579. The molecular formula is C16H20N2O3. The molecule has 1 aromatic carbocycles. The van der Waals surface area contributed by atoms with Crippen molar-refractivity contribution in [3.8, 4) is 11.5 Å². The number of hydrogen-bond acceptors (Lipinski definition) is 3. The van der Waals surface area contributed by atoms with E-state index in [-0.39, 0.29) is 5.91 Å². The Morgan fingerprint density at radius 3 is 2.67 bits per heavy atom. The van der Waals surface area contributed by atoms with Gasteiger partial charge in [-0.3, -0.25) is 4.79 Å². The van der Waals surface area contributed by atoms with Crippen LogP contribution in [0.5, 0.6) is 11.5 Å². The fraction of sp³-hybridized carbons (Fsp3) is 0.312. The maximum atomic E-state index is 11.7. The highest BCUT2D eigenvalue weighted by Crippen LogP contribution is 2.27. The van der Waals surface area contributed by atoms with Gasteiger partial charge in [0.05, 0.1) is 20.6 Å². The van der Waals surface area contributed by atoms with Gasteiger partial charge in [0.1, 0.15) is 0 Å². The highest BCUT2D eigenvalue weighted by atomic mass is 16.5. The van der Waals surface area contributed by atoms with Crippen molar-refractivity contribution >= 4 is 5.91 Å². The second-order valence-electron chi connectivity index (χ2n) is 4.66. The van der Waals surface area contributed by atoms with Gasteiger partial charge in [-0.2, -0.15) is 0 Å². The van der Waals surface area contributed by atoms with Gasteiger partial charge in [-0.05, 0) is 36.2 Å². The molecule has 0 fully saturated rings. The molecule has 112 valence electrons. The topological polar surface area (TPSA) is 63.3 Å². The molecule has 0 bridgehead atoms. The molecule has 0 atom stereocenters. The van der Waals surface area contributed by atoms with E-state index >= 15 is 0 Å². The summed E-state index contributed by atoms with van der Waals surface area (Å²) in [4.78, 5) is 14.8. The molecule has 1 aromatic heterocycles. The molecule has 5 heteroatoms. The van der Waals surface area contributed by atoms with Gasteiger partial charge >= 0.3 is 0 Å². The molecule has 0 aliphatic carbocycles. The fourth-order valence-corrected chi connectivity index (χ4v) is 2.10. The van der Waals surface area contributed by atoms with Crippen LogP contribution in [0.1, 0.15) is 11.3 Å². The van der Waals surface area contributed by atoms with Crippen LogP contribution in [0.2, 0.25) is 0 Å². The summed E-state index contributed by atoms with van der Waals surface area (Å²) in [6, 6.07) is 9.55. The quantitative estimate of drug-likeness (QED) is 0.818. The minimum absolute atomic E-state index is 0.0120. The predicted octanol–water partition coefficient (Wildman–Crippen LogP) is 1.93. The predicted molar refractivity (Wildman–Crippen MR) is 80.8 cm³/mol. The lowest BCUT2D eigenvalue weighted by Gasteiger charge is -2.10. The monoisotopic (exact) mass is 288 g/mol. The van der Waals surface area contributed by atoms with Gasteiger partial charge in [-0.15, -0.1) is 0 Å². The van der Waals surface area contributed by atoms with E-state index in [0.29, 0.717) is 24.5 Å². The largest absolute Gasteiger partial charge is 0.493 e. The van der Waals surface area contributed by atoms with Crippen molar-refractivity contribution in [2.75, 3.05) is 20.8 Å². The normalized spacial score (nSPS) is 10.2. The molecule has 0 spiro atoms. The summed E-state index contributed by atoms with van der Waals surface area (Å²) in [5.41, 5.74) is 2.01. The van der Waals surface area contributed by atoms with Crippen LogP contribution < -0.4 is 14.8 Å². The molecule has 0 radical (unpaired) electrons. The summed E-state index contributed by atoms with van der Waals surface area (Å²) >= 11 is 0. The van der Waals surface area contributed by atoms with Crippen LogP contribution in [0.3, 0.4) is 0 Å². The number of nitrogens with one attached hydrogen (secondary N) is 2. The summed E-state index contributed by atoms with van der Waals surface area (Å²) in [6.07, 6.45) is 2.93. The highest BCUT2D eigenvalue weighted by molar-refractivity contribution is 5.78. The number of benzene rings is 1. The lowest BCUT2D eigenvalue weighted by molar-refractivity contribution is -0.120. The number of carbonyl (C=O) groups excluding carboxylic acids is 1. The van der Waals surface area contributed by atoms with Gasteiger partial charge in [0.2, 0.25) is 5.91 Å². The third-order valence-corrected chi connectivity index (χ3v) is 3.20. The minimum Gasteiger partial charge on any atom is -0.493 e. The smallest absolute Gasteiger partial charge is 0.225 e. The molecule has 21 heavy (non-hydrogen) atoms. The first-order valence-corrected chi connectivity index (χ1v) is 6.83. The van der Waals surface area contributed by atoms with Crippen LogP contribution in [-0.2, 0) is 17.6 Å². The number of amides is 1. The Morgan fingerprint density at radius 2 is 2.00 bits per heavy atom. The van der Waals surface area contributed by atoms with Crippen molar-refractivity contribution in [3.63, 3.8) is 0 Å². The first kappa shape index (κ1) is 15.0. The minimum atomic E-state index is 0.0120. The first-order chi connectivity index (χ1) is 10.2. The van der Waals surface area contributed by atoms with E-state index in [9.17, 15) is 4.79 Å². The summed E-state index contributed by atoms with van der Waals surface area (Å²) in [5.74, 6) is 1.42. The van der Waals surface area contributed by atoms with Crippen LogP contribution in [0.15, 0.2) is 36.5 Å². The lowest BCUT2D eigenvalue weighted by atomic mass is 10.1. The maximum absolute atomic E-state index is 11.7. The number of H-pyrrole nitrogens is 1. The summed E-state index contributed by atoms with van der Waals surface area (Å²) in [7, 11) is 3.22. The zero-order valence-corrected chi connectivity index (χ0v) is 12.3. The number of ether oxygens (including phenoxy) is 2. The van der Waals surface area contributed by atoms with Crippen LogP contribution in [0, 0.1) is 0 Å². The third-order valence-electron chi connectivity index (χ3n) is 3.20. The Kier molecular flexibility index (Phi) is 5.26. The Hall–Kier alpha value is -2.43. The number of aromatic amines is 1. The van der Waals surface area contributed by atoms with Crippen molar-refractivity contribution in [1.82, 2.24) is 10.3 Å². The van der Waals surface area contributed by atoms with E-state index < -0.39 is 0 Å². The van der Waals surface area contributed by atoms with E-state index in [4.69, 9.17) is 9.47 Å². The molecule has 5 nitrogen and oxygen atoms in total. The third kappa shape index (κ3) is 4.27. The molecule has 0 unspecified atom stereocenters. The first-order valence-electron chi connectivity index (χ1n) is 6.83. The van der Waals surface area contributed by atoms with Crippen molar-refractivity contribution < 1.29 is 14.3 Å². The van der Waals surface area contributed by atoms with Crippen molar-refractivity contribution in [1.29, 1.82) is 0 Å². The molecule has 2 rings (SSSR count).